The summed E-state index contributed by atoms with van der Waals surface area (Å²) < 4.78 is 59.8. The van der Waals surface area contributed by atoms with Crippen LogP contribution in [0.1, 0.15) is 110 Å². The van der Waals surface area contributed by atoms with Crippen molar-refractivity contribution in [2.75, 3.05) is 14.2 Å². The van der Waals surface area contributed by atoms with Gasteiger partial charge in [0, 0.05) is 12.8 Å². The van der Waals surface area contributed by atoms with Gasteiger partial charge >= 0.3 is 92.3 Å². The average molecular weight is 647 g/mol. The van der Waals surface area contributed by atoms with Crippen molar-refractivity contribution >= 4 is 33.2 Å². The predicted molar refractivity (Wildman–Crippen MR) is 148 cm³/mol. The van der Waals surface area contributed by atoms with Gasteiger partial charge in [-0.3, -0.25) is 9.59 Å². The van der Waals surface area contributed by atoms with Crippen molar-refractivity contribution in [1.29, 1.82) is 0 Å². The Bertz CT molecular complexity index is 761. The molecule has 0 amide bonds. The molecule has 15 heteroatoms. The first-order chi connectivity index (χ1) is 18.5. The number of unbranched alkanes of at least 4 members (excludes halogenated alkanes) is 9. The number of allylic oxidation sites excluding steroid dienone is 2. The zero-order valence-corrected chi connectivity index (χ0v) is 31.5. The zero-order chi connectivity index (χ0) is 30.7. The molecule has 41 heavy (non-hydrogen) atoms. The molecule has 0 heterocycles. The minimum absolute atomic E-state index is 0. The van der Waals surface area contributed by atoms with Crippen LogP contribution in [0.4, 0.5) is 0 Å². The Morgan fingerprint density at radius 1 is 0.707 bits per heavy atom. The van der Waals surface area contributed by atoms with Gasteiger partial charge in [-0.1, -0.05) is 71.3 Å². The van der Waals surface area contributed by atoms with Gasteiger partial charge < -0.3 is 21.0 Å². The van der Waals surface area contributed by atoms with E-state index in [1.54, 1.807) is 0 Å². The largest absolute Gasteiger partial charge is 1.00 e. The molecule has 0 aliphatic carbocycles. The Balaban J connectivity index is -0.000000114. The molecular weight excluding hydrogens is 598 g/mol. The molecule has 11 nitrogen and oxygen atoms in total. The van der Waals surface area contributed by atoms with Crippen LogP contribution in [0.5, 0.6) is 0 Å². The molecule has 0 saturated carbocycles. The fourth-order valence-corrected chi connectivity index (χ4v) is 2.96. The van der Waals surface area contributed by atoms with Crippen LogP contribution in [0.25, 0.3) is 0 Å². The SMILES string of the molecule is CC[CH-]/C=C/CCCCCCC(=O)OC.CC[CH-]C(O)CCCCCCCC(=O)OC.O=S(=O)=O.O=S(=O)=O.[Na+].[Na+]. The number of methoxy groups -OCH3 is 2. The van der Waals surface area contributed by atoms with Gasteiger partial charge in [-0.05, 0) is 12.8 Å². The maximum absolute atomic E-state index is 10.8. The number of hydrogen-bond acceptors (Lipinski definition) is 11. The number of ether oxygens (including phenoxy) is 2. The fraction of sp³-hybridized carbons (Fsp3) is 0.769. The summed E-state index contributed by atoms with van der Waals surface area (Å²) in [6.07, 6.45) is 23.2. The van der Waals surface area contributed by atoms with Gasteiger partial charge in [-0.15, -0.1) is 38.1 Å². The molecule has 0 rings (SSSR count). The number of carbonyl (C=O) groups is 2. The van der Waals surface area contributed by atoms with Crippen LogP contribution >= 0.6 is 0 Å². The maximum atomic E-state index is 10.8. The van der Waals surface area contributed by atoms with Gasteiger partial charge in [0.2, 0.25) is 0 Å². The summed E-state index contributed by atoms with van der Waals surface area (Å²) >= 11 is 0. The van der Waals surface area contributed by atoms with Gasteiger partial charge in [-0.2, -0.15) is 6.42 Å². The van der Waals surface area contributed by atoms with Gasteiger partial charge in [0.25, 0.3) is 0 Å². The van der Waals surface area contributed by atoms with Crippen LogP contribution in [-0.2, 0) is 40.3 Å². The zero-order valence-electron chi connectivity index (χ0n) is 25.8. The fourth-order valence-electron chi connectivity index (χ4n) is 2.96. The van der Waals surface area contributed by atoms with Crippen molar-refractivity contribution in [3.05, 3.63) is 25.0 Å². The van der Waals surface area contributed by atoms with Crippen molar-refractivity contribution in [2.24, 2.45) is 0 Å². The maximum Gasteiger partial charge on any atom is 1.00 e. The van der Waals surface area contributed by atoms with E-state index in [2.05, 4.69) is 35.0 Å². The van der Waals surface area contributed by atoms with Crippen LogP contribution in [0.3, 0.4) is 0 Å². The topological polar surface area (TPSA) is 175 Å². The Kier molecular flexibility index (Phi) is 60.7. The molecule has 0 aliphatic heterocycles. The number of rotatable bonds is 19. The summed E-state index contributed by atoms with van der Waals surface area (Å²) in [5, 5.41) is 9.44. The predicted octanol–water partition coefficient (Wildman–Crippen LogP) is -1.46. The molecule has 0 radical (unpaired) electrons. The molecule has 0 aromatic carbocycles. The molecule has 232 valence electrons. The van der Waals surface area contributed by atoms with Gasteiger partial charge in [0.05, 0.1) is 14.2 Å². The minimum atomic E-state index is -3.11. The van der Waals surface area contributed by atoms with Crippen LogP contribution in [0.15, 0.2) is 12.2 Å². The van der Waals surface area contributed by atoms with Crippen LogP contribution in [0.2, 0.25) is 0 Å². The van der Waals surface area contributed by atoms with Crippen LogP contribution in [-0.4, -0.2) is 62.6 Å². The monoisotopic (exact) mass is 646 g/mol. The Hall–Kier alpha value is -0.250. The van der Waals surface area contributed by atoms with Gasteiger partial charge in [0.1, 0.15) is 0 Å². The van der Waals surface area contributed by atoms with Gasteiger partial charge in [0.15, 0.2) is 0 Å². The average Bonchev–Trinajstić information content (AvgIpc) is 2.86. The molecule has 0 aromatic rings. The standard InChI is InChI=1S/C13H25O3.C13H23O2.2Na.2O3S/c1-3-9-12(14)10-7-5-4-6-8-11-13(15)16-2;1-3-4-5-6-7-8-9-10-11-12-13(14)15-2;;;2*1-4(2)3/h9,12,14H,3-8,10-11H2,1-2H3;4-6H,3,7-12H2,1-2H3;;;;/q2*-1;2*+1;;/b;6-5+;;;;. The first-order valence-electron chi connectivity index (χ1n) is 13.1. The quantitative estimate of drug-likeness (QED) is 0.0751. The molecule has 0 aliphatic rings. The first-order valence-corrected chi connectivity index (χ1v) is 15.1. The Morgan fingerprint density at radius 3 is 1.49 bits per heavy atom. The second kappa shape index (κ2) is 46.7. The van der Waals surface area contributed by atoms with Crippen molar-refractivity contribution < 1.29 is 109 Å². The summed E-state index contributed by atoms with van der Waals surface area (Å²) in [6, 6.07) is 0. The smallest absolute Gasteiger partial charge is 0.469 e. The molecular formula is C26H48Na2O11S2. The van der Waals surface area contributed by atoms with Gasteiger partial charge in [-0.25, -0.2) is 18.6 Å². The summed E-state index contributed by atoms with van der Waals surface area (Å²) in [6.45, 7) is 4.17. The summed E-state index contributed by atoms with van der Waals surface area (Å²) in [4.78, 5) is 21.6. The molecule has 1 N–H and O–H groups in total. The third kappa shape index (κ3) is 73.6. The van der Waals surface area contributed by atoms with Crippen molar-refractivity contribution in [3.63, 3.8) is 0 Å². The van der Waals surface area contributed by atoms with E-state index in [1.807, 2.05) is 13.3 Å². The minimum Gasteiger partial charge on any atom is -0.469 e. The molecule has 1 atom stereocenters. The summed E-state index contributed by atoms with van der Waals surface area (Å²) in [7, 11) is -3.36. The summed E-state index contributed by atoms with van der Waals surface area (Å²) in [5.41, 5.74) is 0. The second-order valence-electron chi connectivity index (χ2n) is 8.10. The van der Waals surface area contributed by atoms with Crippen LogP contribution in [0, 0.1) is 12.8 Å². The van der Waals surface area contributed by atoms with E-state index in [9.17, 15) is 14.7 Å². The Labute approximate surface area is 294 Å². The molecule has 1 unspecified atom stereocenters. The second-order valence-corrected chi connectivity index (χ2v) is 8.92. The van der Waals surface area contributed by atoms with E-state index in [0.29, 0.717) is 12.8 Å². The van der Waals surface area contributed by atoms with Crippen molar-refractivity contribution in [3.8, 4) is 0 Å². The molecule has 0 saturated heterocycles. The molecule has 0 fully saturated rings. The van der Waals surface area contributed by atoms with Crippen molar-refractivity contribution in [1.82, 2.24) is 0 Å². The number of aliphatic hydroxyl groups excluding tert-OH is 1. The number of esters is 2. The normalized spacial score (nSPS) is 9.88. The van der Waals surface area contributed by atoms with E-state index in [1.165, 1.54) is 27.1 Å². The van der Waals surface area contributed by atoms with E-state index in [4.69, 9.17) is 25.3 Å². The number of carbonyl (C=O) groups excluding carboxylic acids is 2. The third-order valence-electron chi connectivity index (χ3n) is 4.85. The summed E-state index contributed by atoms with van der Waals surface area (Å²) in [5.74, 6) is -0.208. The van der Waals surface area contributed by atoms with E-state index >= 15 is 0 Å². The van der Waals surface area contributed by atoms with E-state index in [0.717, 1.165) is 70.6 Å². The molecule has 0 bridgehead atoms. The number of hydrogen-bond donors (Lipinski definition) is 1. The Morgan fingerprint density at radius 2 is 1.10 bits per heavy atom. The number of aliphatic hydroxyl groups is 1. The molecule has 0 spiro atoms. The molecule has 0 aromatic heterocycles. The first kappa shape index (κ1) is 53.3. The van der Waals surface area contributed by atoms with Crippen LogP contribution < -0.4 is 59.1 Å². The van der Waals surface area contributed by atoms with E-state index < -0.39 is 21.2 Å². The van der Waals surface area contributed by atoms with E-state index in [-0.39, 0.29) is 77.2 Å². The third-order valence-corrected chi connectivity index (χ3v) is 4.85. The van der Waals surface area contributed by atoms with Crippen molar-refractivity contribution in [2.45, 2.75) is 116 Å².